The van der Waals surface area contributed by atoms with Crippen molar-refractivity contribution in [3.05, 3.63) is 40.4 Å². The third-order valence-electron chi connectivity index (χ3n) is 5.05. The lowest BCUT2D eigenvalue weighted by Gasteiger charge is -2.27. The zero-order valence-corrected chi connectivity index (χ0v) is 16.5. The largest absolute Gasteiger partial charge is 0.330 e. The Morgan fingerprint density at radius 2 is 1.96 bits per heavy atom. The maximum absolute atomic E-state index is 12.9. The molecule has 0 saturated carbocycles. The summed E-state index contributed by atoms with van der Waals surface area (Å²) >= 11 is 3.35. The highest BCUT2D eigenvalue weighted by molar-refractivity contribution is 9.10. The molecular weight excluding hydrogens is 396 g/mol. The molecular formula is C20H23BrN2O3. The molecule has 1 aliphatic carbocycles. The summed E-state index contributed by atoms with van der Waals surface area (Å²) in [5, 5.41) is 0. The van der Waals surface area contributed by atoms with Crippen molar-refractivity contribution in [2.45, 2.75) is 51.5 Å². The standard InChI is InChI=1S/C20H23BrN2O3/c1-14(24)22(12-11-15-5-3-2-4-6-15)18-13-19(25)23(20(18)26)17-9-7-16(21)8-10-17/h5,7-10,18H,2-4,6,11-13H2,1H3. The Labute approximate surface area is 162 Å². The minimum atomic E-state index is -0.701. The average molecular weight is 419 g/mol. The molecule has 1 unspecified atom stereocenters. The highest BCUT2D eigenvalue weighted by atomic mass is 79.9. The van der Waals surface area contributed by atoms with Crippen LogP contribution in [0.1, 0.15) is 45.4 Å². The summed E-state index contributed by atoms with van der Waals surface area (Å²) in [6.07, 6.45) is 7.63. The van der Waals surface area contributed by atoms with E-state index in [2.05, 4.69) is 22.0 Å². The van der Waals surface area contributed by atoms with Gasteiger partial charge in [0.15, 0.2) is 0 Å². The highest BCUT2D eigenvalue weighted by Gasteiger charge is 2.43. The third kappa shape index (κ3) is 4.06. The van der Waals surface area contributed by atoms with Crippen LogP contribution in [0.2, 0.25) is 0 Å². The minimum absolute atomic E-state index is 0.0491. The van der Waals surface area contributed by atoms with Crippen molar-refractivity contribution in [3.8, 4) is 0 Å². The fourth-order valence-corrected chi connectivity index (χ4v) is 3.91. The van der Waals surface area contributed by atoms with E-state index in [0.29, 0.717) is 12.2 Å². The van der Waals surface area contributed by atoms with E-state index in [4.69, 9.17) is 0 Å². The first-order chi connectivity index (χ1) is 12.5. The van der Waals surface area contributed by atoms with Crippen LogP contribution in [0.4, 0.5) is 5.69 Å². The van der Waals surface area contributed by atoms with Gasteiger partial charge in [0.2, 0.25) is 11.8 Å². The van der Waals surface area contributed by atoms with Gasteiger partial charge in [-0.2, -0.15) is 0 Å². The normalized spacial score (nSPS) is 20.3. The summed E-state index contributed by atoms with van der Waals surface area (Å²) in [7, 11) is 0. The molecule has 1 fully saturated rings. The van der Waals surface area contributed by atoms with E-state index < -0.39 is 6.04 Å². The number of imide groups is 1. The first-order valence-electron chi connectivity index (χ1n) is 9.05. The van der Waals surface area contributed by atoms with Gasteiger partial charge in [0.25, 0.3) is 5.91 Å². The molecule has 1 heterocycles. The number of anilines is 1. The zero-order chi connectivity index (χ0) is 18.7. The number of hydrogen-bond donors (Lipinski definition) is 0. The SMILES string of the molecule is CC(=O)N(CCC1=CCCCC1)C1CC(=O)N(c2ccc(Br)cc2)C1=O. The molecule has 1 aliphatic heterocycles. The Bertz CT molecular complexity index is 742. The van der Waals surface area contributed by atoms with Gasteiger partial charge in [-0.1, -0.05) is 27.6 Å². The number of hydrogen-bond acceptors (Lipinski definition) is 3. The van der Waals surface area contributed by atoms with Crippen LogP contribution < -0.4 is 4.90 Å². The second kappa shape index (κ2) is 8.16. The van der Waals surface area contributed by atoms with Gasteiger partial charge in [0, 0.05) is 17.9 Å². The predicted octanol–water partition coefficient (Wildman–Crippen LogP) is 3.82. The number of halogens is 1. The van der Waals surface area contributed by atoms with E-state index in [1.807, 2.05) is 0 Å². The molecule has 0 spiro atoms. The molecule has 3 amide bonds. The molecule has 5 nitrogen and oxygen atoms in total. The molecule has 1 aromatic carbocycles. The van der Waals surface area contributed by atoms with Gasteiger partial charge in [0.1, 0.15) is 6.04 Å². The van der Waals surface area contributed by atoms with Crippen LogP contribution in [0.15, 0.2) is 40.4 Å². The number of benzene rings is 1. The summed E-state index contributed by atoms with van der Waals surface area (Å²) in [6, 6.07) is 6.34. The van der Waals surface area contributed by atoms with Crippen LogP contribution in [0, 0.1) is 0 Å². The second-order valence-corrected chi connectivity index (χ2v) is 7.75. The van der Waals surface area contributed by atoms with Crippen molar-refractivity contribution >= 4 is 39.3 Å². The molecule has 2 aliphatic rings. The molecule has 3 rings (SSSR count). The first-order valence-corrected chi connectivity index (χ1v) is 9.84. The molecule has 1 saturated heterocycles. The lowest BCUT2D eigenvalue weighted by atomic mass is 9.97. The Morgan fingerprint density at radius 1 is 1.23 bits per heavy atom. The first kappa shape index (κ1) is 18.8. The summed E-state index contributed by atoms with van der Waals surface area (Å²) in [4.78, 5) is 40.3. The number of amides is 3. The van der Waals surface area contributed by atoms with Crippen molar-refractivity contribution in [3.63, 3.8) is 0 Å². The number of allylic oxidation sites excluding steroid dienone is 1. The number of nitrogens with zero attached hydrogens (tertiary/aromatic N) is 2. The highest BCUT2D eigenvalue weighted by Crippen LogP contribution is 2.28. The van der Waals surface area contributed by atoms with Crippen molar-refractivity contribution in [1.29, 1.82) is 0 Å². The van der Waals surface area contributed by atoms with E-state index in [-0.39, 0.29) is 24.1 Å². The molecule has 26 heavy (non-hydrogen) atoms. The van der Waals surface area contributed by atoms with Gasteiger partial charge in [-0.15, -0.1) is 0 Å². The van der Waals surface area contributed by atoms with E-state index in [9.17, 15) is 14.4 Å². The van der Waals surface area contributed by atoms with Crippen LogP contribution in [-0.2, 0) is 14.4 Å². The van der Waals surface area contributed by atoms with E-state index in [0.717, 1.165) is 23.7 Å². The lowest BCUT2D eigenvalue weighted by molar-refractivity contribution is -0.136. The summed E-state index contributed by atoms with van der Waals surface area (Å²) < 4.78 is 0.878. The molecule has 0 N–H and O–H groups in total. The fourth-order valence-electron chi connectivity index (χ4n) is 3.65. The molecule has 0 radical (unpaired) electrons. The van der Waals surface area contributed by atoms with Crippen molar-refractivity contribution in [2.24, 2.45) is 0 Å². The van der Waals surface area contributed by atoms with Crippen LogP contribution >= 0.6 is 15.9 Å². The van der Waals surface area contributed by atoms with Gasteiger partial charge in [-0.25, -0.2) is 4.90 Å². The third-order valence-corrected chi connectivity index (χ3v) is 5.58. The monoisotopic (exact) mass is 418 g/mol. The predicted molar refractivity (Wildman–Crippen MR) is 104 cm³/mol. The quantitative estimate of drug-likeness (QED) is 0.539. The van der Waals surface area contributed by atoms with Crippen molar-refractivity contribution in [2.75, 3.05) is 11.4 Å². The average Bonchev–Trinajstić information content (AvgIpc) is 2.91. The zero-order valence-electron chi connectivity index (χ0n) is 14.9. The van der Waals surface area contributed by atoms with Gasteiger partial charge >= 0.3 is 0 Å². The number of rotatable bonds is 5. The molecule has 138 valence electrons. The van der Waals surface area contributed by atoms with Crippen LogP contribution in [0.3, 0.4) is 0 Å². The summed E-state index contributed by atoms with van der Waals surface area (Å²) in [6.45, 7) is 1.95. The van der Waals surface area contributed by atoms with Crippen LogP contribution in [0.25, 0.3) is 0 Å². The van der Waals surface area contributed by atoms with E-state index in [1.165, 1.54) is 30.2 Å². The Kier molecular flexibility index (Phi) is 5.91. The minimum Gasteiger partial charge on any atom is -0.330 e. The van der Waals surface area contributed by atoms with Gasteiger partial charge in [-0.05, 0) is 56.4 Å². The van der Waals surface area contributed by atoms with Crippen LogP contribution in [0.5, 0.6) is 0 Å². The Hall–Kier alpha value is -1.95. The Morgan fingerprint density at radius 3 is 2.58 bits per heavy atom. The van der Waals surface area contributed by atoms with Crippen molar-refractivity contribution < 1.29 is 14.4 Å². The second-order valence-electron chi connectivity index (χ2n) is 6.83. The van der Waals surface area contributed by atoms with Crippen LogP contribution in [-0.4, -0.2) is 35.2 Å². The van der Waals surface area contributed by atoms with Gasteiger partial charge in [0.05, 0.1) is 12.1 Å². The molecule has 6 heteroatoms. The number of carbonyl (C=O) groups excluding carboxylic acids is 3. The molecule has 1 aromatic rings. The van der Waals surface area contributed by atoms with E-state index >= 15 is 0 Å². The lowest BCUT2D eigenvalue weighted by Crippen LogP contribution is -2.45. The maximum Gasteiger partial charge on any atom is 0.257 e. The van der Waals surface area contributed by atoms with Gasteiger partial charge < -0.3 is 4.90 Å². The Balaban J connectivity index is 1.74. The topological polar surface area (TPSA) is 57.7 Å². The van der Waals surface area contributed by atoms with Crippen molar-refractivity contribution in [1.82, 2.24) is 4.90 Å². The fraction of sp³-hybridized carbons (Fsp3) is 0.450. The smallest absolute Gasteiger partial charge is 0.257 e. The summed E-state index contributed by atoms with van der Waals surface area (Å²) in [5.74, 6) is -0.735. The molecule has 1 atom stereocenters. The number of carbonyl (C=O) groups is 3. The molecule has 0 bridgehead atoms. The van der Waals surface area contributed by atoms with Gasteiger partial charge in [-0.3, -0.25) is 14.4 Å². The maximum atomic E-state index is 12.9. The summed E-state index contributed by atoms with van der Waals surface area (Å²) in [5.41, 5.74) is 1.90. The molecule has 0 aromatic heterocycles. The van der Waals surface area contributed by atoms with E-state index in [1.54, 1.807) is 29.2 Å².